The van der Waals surface area contributed by atoms with Crippen LogP contribution in [0.5, 0.6) is 10.8 Å². The van der Waals surface area contributed by atoms with Crippen LogP contribution in [-0.2, 0) is 0 Å². The second kappa shape index (κ2) is 8.19. The molecule has 0 unspecified atom stereocenters. The van der Waals surface area contributed by atoms with Gasteiger partial charge < -0.3 is 9.64 Å². The van der Waals surface area contributed by atoms with E-state index in [-0.39, 0.29) is 5.92 Å². The summed E-state index contributed by atoms with van der Waals surface area (Å²) in [6.45, 7) is 8.98. The largest absolute Gasteiger partial charge is 0.443 e. The third kappa shape index (κ3) is 4.41. The van der Waals surface area contributed by atoms with E-state index in [1.807, 2.05) is 38.8 Å². The molecule has 0 radical (unpaired) electrons. The topological polar surface area (TPSA) is 37.7 Å². The molecule has 0 saturated carbocycles. The van der Waals surface area contributed by atoms with E-state index in [1.54, 1.807) is 12.4 Å². The van der Waals surface area contributed by atoms with Gasteiger partial charge in [0.1, 0.15) is 10.8 Å². The summed E-state index contributed by atoms with van der Waals surface area (Å²) in [6, 6.07) is 3.66. The Morgan fingerprint density at radius 2 is 2.08 bits per heavy atom. The van der Waals surface area contributed by atoms with Crippen LogP contribution in [0.15, 0.2) is 17.1 Å². The molecular formula is C17H21Cl2N3OS. The Morgan fingerprint density at radius 1 is 1.38 bits per heavy atom. The molecule has 0 fully saturated rings. The fraction of sp³-hybridized carbons (Fsp3) is 0.412. The van der Waals surface area contributed by atoms with Gasteiger partial charge in [-0.15, -0.1) is 0 Å². The summed E-state index contributed by atoms with van der Waals surface area (Å²) in [4.78, 5) is 6.38. The Bertz CT molecular complexity index is 744. The van der Waals surface area contributed by atoms with Crippen molar-refractivity contribution in [3.63, 3.8) is 0 Å². The lowest BCUT2D eigenvalue weighted by atomic mass is 10.1. The van der Waals surface area contributed by atoms with Crippen LogP contribution in [0.1, 0.15) is 37.9 Å². The normalized spacial score (nSPS) is 11.5. The van der Waals surface area contributed by atoms with E-state index in [9.17, 15) is 0 Å². The smallest absolute Gasteiger partial charge is 0.219 e. The minimum absolute atomic E-state index is 0.253. The fourth-order valence-electron chi connectivity index (χ4n) is 1.90. The lowest BCUT2D eigenvalue weighted by Gasteiger charge is -2.11. The summed E-state index contributed by atoms with van der Waals surface area (Å²) in [7, 11) is 1.96. The molecule has 1 aromatic heterocycles. The standard InChI is InChI=1S/C17H21Cl2N3OS/c1-6-22(5)9-20-13-7-11(4)14(8-12(13)18)23-17-15(19)16(10(2)3)21-24-17/h7-10H,6H2,1-5H3/b20-9-. The van der Waals surface area contributed by atoms with Crippen molar-refractivity contribution in [3.05, 3.63) is 33.4 Å². The molecule has 0 aliphatic carbocycles. The monoisotopic (exact) mass is 385 g/mol. The van der Waals surface area contributed by atoms with Gasteiger partial charge in [0.05, 0.1) is 22.7 Å². The number of aryl methyl sites for hydroxylation is 1. The molecule has 0 aliphatic heterocycles. The highest BCUT2D eigenvalue weighted by molar-refractivity contribution is 7.08. The Hall–Kier alpha value is -1.30. The van der Waals surface area contributed by atoms with E-state index in [1.165, 1.54) is 11.5 Å². The number of aromatic nitrogens is 1. The summed E-state index contributed by atoms with van der Waals surface area (Å²) in [5.41, 5.74) is 2.49. The summed E-state index contributed by atoms with van der Waals surface area (Å²) in [5.74, 6) is 0.909. The number of aliphatic imine (C=N–C) groups is 1. The maximum atomic E-state index is 6.35. The first-order chi connectivity index (χ1) is 11.3. The molecule has 2 rings (SSSR count). The van der Waals surface area contributed by atoms with Gasteiger partial charge in [0.15, 0.2) is 0 Å². The van der Waals surface area contributed by atoms with Gasteiger partial charge in [-0.25, -0.2) is 4.99 Å². The summed E-state index contributed by atoms with van der Waals surface area (Å²) >= 11 is 13.9. The van der Waals surface area contributed by atoms with Gasteiger partial charge in [-0.05, 0) is 31.4 Å². The predicted molar refractivity (Wildman–Crippen MR) is 104 cm³/mol. The van der Waals surface area contributed by atoms with Gasteiger partial charge in [-0.2, -0.15) is 4.37 Å². The van der Waals surface area contributed by atoms with Crippen molar-refractivity contribution in [1.82, 2.24) is 9.27 Å². The number of hydrogen-bond donors (Lipinski definition) is 0. The molecule has 130 valence electrons. The zero-order valence-electron chi connectivity index (χ0n) is 14.4. The van der Waals surface area contributed by atoms with Gasteiger partial charge in [0.2, 0.25) is 5.06 Å². The summed E-state index contributed by atoms with van der Waals surface area (Å²) in [6.07, 6.45) is 1.76. The molecule has 2 aromatic rings. The molecule has 7 heteroatoms. The predicted octanol–water partition coefficient (Wildman–Crippen LogP) is 6.29. The van der Waals surface area contributed by atoms with Crippen molar-refractivity contribution in [3.8, 4) is 10.8 Å². The average Bonchev–Trinajstić information content (AvgIpc) is 2.90. The van der Waals surface area contributed by atoms with Crippen LogP contribution in [-0.4, -0.2) is 29.2 Å². The molecule has 0 amide bonds. The number of hydrogen-bond acceptors (Lipinski definition) is 4. The summed E-state index contributed by atoms with van der Waals surface area (Å²) in [5, 5.41) is 1.68. The van der Waals surface area contributed by atoms with Crippen LogP contribution < -0.4 is 4.74 Å². The minimum Gasteiger partial charge on any atom is -0.443 e. The van der Waals surface area contributed by atoms with Crippen LogP contribution in [0, 0.1) is 6.92 Å². The first-order valence-corrected chi connectivity index (χ1v) is 9.23. The molecule has 4 nitrogen and oxygen atoms in total. The van der Waals surface area contributed by atoms with Crippen molar-refractivity contribution in [2.75, 3.05) is 13.6 Å². The lowest BCUT2D eigenvalue weighted by molar-refractivity contribution is 0.492. The first kappa shape index (κ1) is 19.0. The number of ether oxygens (including phenoxy) is 1. The molecule has 1 aromatic carbocycles. The minimum atomic E-state index is 0.253. The molecule has 0 spiro atoms. The van der Waals surface area contributed by atoms with Crippen molar-refractivity contribution in [2.45, 2.75) is 33.6 Å². The quantitative estimate of drug-likeness (QED) is 0.433. The third-order valence-corrected chi connectivity index (χ3v) is 5.04. The van der Waals surface area contributed by atoms with Crippen LogP contribution in [0.3, 0.4) is 0 Å². The highest BCUT2D eigenvalue weighted by atomic mass is 35.5. The van der Waals surface area contributed by atoms with Gasteiger partial charge in [0, 0.05) is 31.2 Å². The Kier molecular flexibility index (Phi) is 6.49. The van der Waals surface area contributed by atoms with Crippen molar-refractivity contribution >= 4 is 46.8 Å². The number of halogens is 2. The molecule has 0 atom stereocenters. The molecule has 0 N–H and O–H groups in total. The molecular weight excluding hydrogens is 365 g/mol. The van der Waals surface area contributed by atoms with Crippen LogP contribution in [0.25, 0.3) is 0 Å². The van der Waals surface area contributed by atoms with Gasteiger partial charge in [-0.1, -0.05) is 37.0 Å². The van der Waals surface area contributed by atoms with Crippen LogP contribution in [0.4, 0.5) is 5.69 Å². The third-order valence-electron chi connectivity index (χ3n) is 3.52. The Morgan fingerprint density at radius 3 is 2.67 bits per heavy atom. The molecule has 1 heterocycles. The maximum Gasteiger partial charge on any atom is 0.219 e. The number of rotatable bonds is 6. The first-order valence-electron chi connectivity index (χ1n) is 7.71. The van der Waals surface area contributed by atoms with Gasteiger partial charge >= 0.3 is 0 Å². The summed E-state index contributed by atoms with van der Waals surface area (Å²) < 4.78 is 10.3. The number of benzene rings is 1. The van der Waals surface area contributed by atoms with Crippen molar-refractivity contribution in [2.24, 2.45) is 4.99 Å². The van der Waals surface area contributed by atoms with Crippen molar-refractivity contribution in [1.29, 1.82) is 0 Å². The molecule has 0 aliphatic rings. The van der Waals surface area contributed by atoms with Gasteiger partial charge in [-0.3, -0.25) is 0 Å². The zero-order valence-corrected chi connectivity index (χ0v) is 16.8. The Balaban J connectivity index is 2.26. The molecule has 0 bridgehead atoms. The number of nitrogens with zero attached hydrogens (tertiary/aromatic N) is 3. The second-order valence-corrected chi connectivity index (χ2v) is 7.33. The van der Waals surface area contributed by atoms with Crippen LogP contribution in [0.2, 0.25) is 10.0 Å². The van der Waals surface area contributed by atoms with E-state index >= 15 is 0 Å². The maximum absolute atomic E-state index is 6.35. The average molecular weight is 386 g/mol. The van der Waals surface area contributed by atoms with E-state index in [0.29, 0.717) is 26.5 Å². The van der Waals surface area contributed by atoms with Crippen LogP contribution >= 0.6 is 34.7 Å². The molecule has 0 saturated heterocycles. The highest BCUT2D eigenvalue weighted by Gasteiger charge is 2.17. The second-order valence-electron chi connectivity index (χ2n) is 5.81. The van der Waals surface area contributed by atoms with E-state index in [4.69, 9.17) is 27.9 Å². The van der Waals surface area contributed by atoms with Gasteiger partial charge in [0.25, 0.3) is 0 Å². The van der Waals surface area contributed by atoms with Crippen molar-refractivity contribution < 1.29 is 4.74 Å². The van der Waals surface area contributed by atoms with E-state index in [0.717, 1.165) is 17.8 Å². The lowest BCUT2D eigenvalue weighted by Crippen LogP contribution is -2.14. The SMILES string of the molecule is CCN(C)/C=N\c1cc(C)c(Oc2snc(C(C)C)c2Cl)cc1Cl. The fourth-order valence-corrected chi connectivity index (χ4v) is 3.35. The highest BCUT2D eigenvalue weighted by Crippen LogP contribution is 2.41. The van der Waals surface area contributed by atoms with E-state index in [2.05, 4.69) is 16.3 Å². The molecule has 24 heavy (non-hydrogen) atoms. The van der Waals surface area contributed by atoms with E-state index < -0.39 is 0 Å². The Labute approximate surface area is 157 Å². The zero-order chi connectivity index (χ0) is 17.9.